The van der Waals surface area contributed by atoms with Crippen molar-refractivity contribution in [2.45, 2.75) is 26.1 Å². The van der Waals surface area contributed by atoms with E-state index < -0.39 is 0 Å². The molecule has 0 bridgehead atoms. The third-order valence-corrected chi connectivity index (χ3v) is 5.29. The van der Waals surface area contributed by atoms with E-state index in [9.17, 15) is 4.79 Å². The Morgan fingerprint density at radius 3 is 2.59 bits per heavy atom. The van der Waals surface area contributed by atoms with Crippen molar-refractivity contribution in [2.24, 2.45) is 0 Å². The van der Waals surface area contributed by atoms with E-state index in [1.165, 1.54) is 16.7 Å². The average Bonchev–Trinajstić information content (AvgIpc) is 3.12. The highest BCUT2D eigenvalue weighted by atomic mass is 32.2. The van der Waals surface area contributed by atoms with E-state index >= 15 is 0 Å². The zero-order valence-electron chi connectivity index (χ0n) is 15.8. The van der Waals surface area contributed by atoms with Crippen molar-refractivity contribution in [3.63, 3.8) is 0 Å². The summed E-state index contributed by atoms with van der Waals surface area (Å²) < 4.78 is 5.30. The van der Waals surface area contributed by atoms with Gasteiger partial charge in [0, 0.05) is 18.4 Å². The second-order valence-corrected chi connectivity index (χ2v) is 7.53. The van der Waals surface area contributed by atoms with Gasteiger partial charge in [0.25, 0.3) is 0 Å². The quantitative estimate of drug-likeness (QED) is 0.612. The Hall–Kier alpha value is -2.60. The minimum atomic E-state index is 0.0451. The molecule has 0 saturated carbocycles. The highest BCUT2D eigenvalue weighted by molar-refractivity contribution is 7.99. The lowest BCUT2D eigenvalue weighted by Crippen LogP contribution is -2.28. The van der Waals surface area contributed by atoms with Gasteiger partial charge in [-0.15, -0.1) is 11.8 Å². The highest BCUT2D eigenvalue weighted by Crippen LogP contribution is 2.18. The molecule has 0 spiro atoms. The number of carbonyl (C=O) groups is 1. The summed E-state index contributed by atoms with van der Waals surface area (Å²) in [5, 5.41) is 4.01. The molecule has 0 saturated heterocycles. The molecule has 27 heavy (non-hydrogen) atoms. The Kier molecular flexibility index (Phi) is 6.29. The third kappa shape index (κ3) is 5.20. The number of benzene rings is 2. The monoisotopic (exact) mass is 381 g/mol. The molecule has 5 nitrogen and oxygen atoms in total. The van der Waals surface area contributed by atoms with Crippen molar-refractivity contribution in [2.75, 3.05) is 12.8 Å². The van der Waals surface area contributed by atoms with E-state index in [4.69, 9.17) is 4.52 Å². The predicted molar refractivity (Wildman–Crippen MR) is 108 cm³/mol. The van der Waals surface area contributed by atoms with E-state index in [1.807, 2.05) is 43.3 Å². The van der Waals surface area contributed by atoms with Crippen molar-refractivity contribution in [1.82, 2.24) is 15.0 Å². The van der Waals surface area contributed by atoms with Gasteiger partial charge in [-0.2, -0.15) is 4.98 Å². The lowest BCUT2D eigenvalue weighted by Gasteiger charge is -2.14. The van der Waals surface area contributed by atoms with E-state index in [2.05, 4.69) is 29.2 Å². The number of hydrogen-bond donors (Lipinski definition) is 0. The van der Waals surface area contributed by atoms with Crippen LogP contribution in [0.1, 0.15) is 22.6 Å². The minimum Gasteiger partial charge on any atom is -0.337 e. The normalized spacial score (nSPS) is 10.8. The van der Waals surface area contributed by atoms with Gasteiger partial charge in [0.15, 0.2) is 0 Å². The molecule has 1 heterocycles. The average molecular weight is 382 g/mol. The Labute approximate surface area is 163 Å². The fourth-order valence-corrected chi connectivity index (χ4v) is 3.60. The fourth-order valence-electron chi connectivity index (χ4n) is 2.56. The maximum Gasteiger partial charge on any atom is 0.246 e. The van der Waals surface area contributed by atoms with Gasteiger partial charge in [-0.1, -0.05) is 59.3 Å². The summed E-state index contributed by atoms with van der Waals surface area (Å²) >= 11 is 1.61. The molecule has 3 rings (SSSR count). The smallest absolute Gasteiger partial charge is 0.246 e. The first kappa shape index (κ1) is 19.2. The van der Waals surface area contributed by atoms with Crippen LogP contribution in [0.4, 0.5) is 0 Å². The van der Waals surface area contributed by atoms with E-state index in [0.717, 1.165) is 11.3 Å². The van der Waals surface area contributed by atoms with Crippen LogP contribution >= 0.6 is 11.8 Å². The predicted octanol–water partition coefficient (Wildman–Crippen LogP) is 4.25. The first-order chi connectivity index (χ1) is 13.0. The van der Waals surface area contributed by atoms with Crippen molar-refractivity contribution >= 4 is 17.7 Å². The number of aromatic nitrogens is 2. The van der Waals surface area contributed by atoms with Crippen molar-refractivity contribution < 1.29 is 9.32 Å². The zero-order chi connectivity index (χ0) is 19.2. The molecule has 0 atom stereocenters. The number of amides is 1. The molecule has 0 radical (unpaired) electrons. The molecule has 2 aromatic carbocycles. The van der Waals surface area contributed by atoms with Crippen LogP contribution in [0, 0.1) is 13.8 Å². The van der Waals surface area contributed by atoms with Crippen LogP contribution in [-0.4, -0.2) is 33.7 Å². The molecule has 0 fully saturated rings. The van der Waals surface area contributed by atoms with Crippen LogP contribution in [0.25, 0.3) is 11.4 Å². The number of nitrogens with zero attached hydrogens (tertiary/aromatic N) is 3. The van der Waals surface area contributed by atoms with Crippen LogP contribution < -0.4 is 0 Å². The van der Waals surface area contributed by atoms with Crippen LogP contribution in [-0.2, 0) is 17.1 Å². The molecule has 0 N–H and O–H groups in total. The molecule has 1 aromatic heterocycles. The van der Waals surface area contributed by atoms with Gasteiger partial charge in [-0.25, -0.2) is 0 Å². The molecule has 1 amide bonds. The van der Waals surface area contributed by atoms with E-state index in [1.54, 1.807) is 23.7 Å². The van der Waals surface area contributed by atoms with Gasteiger partial charge in [-0.05, 0) is 25.0 Å². The number of thioether (sulfide) groups is 1. The van der Waals surface area contributed by atoms with Crippen LogP contribution in [0.2, 0.25) is 0 Å². The molecule has 0 aliphatic heterocycles. The van der Waals surface area contributed by atoms with Gasteiger partial charge < -0.3 is 9.42 Å². The van der Waals surface area contributed by atoms with Crippen LogP contribution in [0.5, 0.6) is 0 Å². The Bertz CT molecular complexity index is 906. The molecule has 0 aliphatic rings. The Morgan fingerprint density at radius 1 is 1.11 bits per heavy atom. The maximum absolute atomic E-state index is 12.4. The molecule has 0 aliphatic carbocycles. The second kappa shape index (κ2) is 8.86. The summed E-state index contributed by atoms with van der Waals surface area (Å²) in [7, 11) is 1.76. The first-order valence-corrected chi connectivity index (χ1v) is 9.94. The highest BCUT2D eigenvalue weighted by Gasteiger charge is 2.15. The Balaban J connectivity index is 1.51. The number of hydrogen-bond acceptors (Lipinski definition) is 5. The summed E-state index contributed by atoms with van der Waals surface area (Å²) in [5.74, 6) is 2.27. The molecular formula is C21H23N3O2S. The topological polar surface area (TPSA) is 59.2 Å². The summed E-state index contributed by atoms with van der Waals surface area (Å²) in [6.07, 6.45) is 0. The number of aryl methyl sites for hydroxylation is 2. The zero-order valence-corrected chi connectivity index (χ0v) is 16.6. The molecule has 6 heteroatoms. The van der Waals surface area contributed by atoms with E-state index in [-0.39, 0.29) is 5.91 Å². The summed E-state index contributed by atoms with van der Waals surface area (Å²) in [6, 6.07) is 16.2. The third-order valence-electron chi connectivity index (χ3n) is 4.32. The minimum absolute atomic E-state index is 0.0451. The van der Waals surface area contributed by atoms with Crippen molar-refractivity contribution in [1.29, 1.82) is 0 Å². The SMILES string of the molecule is Cc1ccc(-c2noc(CN(C)C(=O)CSCc3ccccc3C)n2)cc1. The van der Waals surface area contributed by atoms with E-state index in [0.29, 0.717) is 24.0 Å². The van der Waals surface area contributed by atoms with Crippen LogP contribution in [0.15, 0.2) is 53.1 Å². The molecular weight excluding hydrogens is 358 g/mol. The molecule has 140 valence electrons. The lowest BCUT2D eigenvalue weighted by atomic mass is 10.1. The summed E-state index contributed by atoms with van der Waals surface area (Å²) in [6.45, 7) is 4.43. The van der Waals surface area contributed by atoms with Crippen molar-refractivity contribution in [3.05, 3.63) is 71.1 Å². The lowest BCUT2D eigenvalue weighted by molar-refractivity contribution is -0.127. The van der Waals surface area contributed by atoms with Gasteiger partial charge in [0.1, 0.15) is 0 Å². The van der Waals surface area contributed by atoms with Gasteiger partial charge in [-0.3, -0.25) is 4.79 Å². The summed E-state index contributed by atoms with van der Waals surface area (Å²) in [5.41, 5.74) is 4.59. The molecule has 3 aromatic rings. The van der Waals surface area contributed by atoms with Gasteiger partial charge in [0.05, 0.1) is 12.3 Å². The van der Waals surface area contributed by atoms with Crippen LogP contribution in [0.3, 0.4) is 0 Å². The van der Waals surface area contributed by atoms with Gasteiger partial charge in [0.2, 0.25) is 17.6 Å². The fraction of sp³-hybridized carbons (Fsp3) is 0.286. The summed E-state index contributed by atoms with van der Waals surface area (Å²) in [4.78, 5) is 18.4. The first-order valence-electron chi connectivity index (χ1n) is 8.79. The number of rotatable bonds is 7. The maximum atomic E-state index is 12.4. The Morgan fingerprint density at radius 2 is 1.85 bits per heavy atom. The number of carbonyl (C=O) groups excluding carboxylic acids is 1. The molecule has 0 unspecified atom stereocenters. The largest absolute Gasteiger partial charge is 0.337 e. The van der Waals surface area contributed by atoms with Gasteiger partial charge >= 0.3 is 0 Å². The second-order valence-electron chi connectivity index (χ2n) is 6.55. The standard InChI is InChI=1S/C21H23N3O2S/c1-15-8-10-17(11-9-15)21-22-19(26-23-21)12-24(3)20(25)14-27-13-18-7-5-4-6-16(18)2/h4-11H,12-14H2,1-3H3. The van der Waals surface area contributed by atoms with Crippen molar-refractivity contribution in [3.8, 4) is 11.4 Å².